The highest BCUT2D eigenvalue weighted by Gasteiger charge is 2.06. The highest BCUT2D eigenvalue weighted by atomic mass is 35.5. The minimum atomic E-state index is 0.693. The number of fused-ring (bicyclic) bond motifs is 1. The van der Waals surface area contributed by atoms with Crippen molar-refractivity contribution < 1.29 is 0 Å². The van der Waals surface area contributed by atoms with E-state index in [1.165, 1.54) is 0 Å². The average molecular weight is 284 g/mol. The molecule has 0 bridgehead atoms. The predicted molar refractivity (Wildman–Crippen MR) is 85.6 cm³/mol. The minimum Gasteiger partial charge on any atom is -0.398 e. The average Bonchev–Trinajstić information content (AvgIpc) is 2.45. The topological polar surface area (TPSA) is 50.9 Å². The first-order chi connectivity index (χ1) is 9.65. The second-order valence-electron chi connectivity index (χ2n) is 4.73. The van der Waals surface area contributed by atoms with Gasteiger partial charge in [0, 0.05) is 34.5 Å². The molecule has 1 heterocycles. The molecule has 0 spiro atoms. The molecular weight excluding hydrogens is 270 g/mol. The van der Waals surface area contributed by atoms with Crippen molar-refractivity contribution >= 4 is 39.4 Å². The van der Waals surface area contributed by atoms with Crippen molar-refractivity contribution in [3.8, 4) is 0 Å². The monoisotopic (exact) mass is 283 g/mol. The van der Waals surface area contributed by atoms with Gasteiger partial charge in [0.25, 0.3) is 0 Å². The third-order valence-corrected chi connectivity index (χ3v) is 3.56. The van der Waals surface area contributed by atoms with Gasteiger partial charge in [-0.25, -0.2) is 0 Å². The quantitative estimate of drug-likeness (QED) is 0.680. The van der Waals surface area contributed by atoms with E-state index in [-0.39, 0.29) is 0 Å². The largest absolute Gasteiger partial charge is 0.398 e. The van der Waals surface area contributed by atoms with E-state index in [1.54, 1.807) is 12.4 Å². The Hall–Kier alpha value is -2.26. The summed E-state index contributed by atoms with van der Waals surface area (Å²) in [6.07, 6.45) is 3.54. The second kappa shape index (κ2) is 5.02. The molecule has 3 aromatic rings. The molecule has 0 aliphatic carbocycles. The molecule has 0 atom stereocenters. The fourth-order valence-corrected chi connectivity index (χ4v) is 2.47. The molecule has 0 saturated heterocycles. The predicted octanol–water partition coefficient (Wildman–Crippen LogP) is 4.52. The number of halogens is 1. The standard InChI is InChI=1S/C16H14ClN3/c1-10-2-4-16(13(17)8-10)20-15-5-3-14(18)11-6-7-19-9-12(11)15/h2-9,20H,18H2,1H3. The maximum Gasteiger partial charge on any atom is 0.0643 e. The number of pyridine rings is 1. The van der Waals surface area contributed by atoms with Crippen LogP contribution in [0.25, 0.3) is 10.8 Å². The molecule has 0 unspecified atom stereocenters. The SMILES string of the molecule is Cc1ccc(Nc2ccc(N)c3ccncc23)c(Cl)c1. The molecule has 3 N–H and O–H groups in total. The minimum absolute atomic E-state index is 0.693. The van der Waals surface area contributed by atoms with Crippen LogP contribution in [0.5, 0.6) is 0 Å². The number of aryl methyl sites for hydroxylation is 1. The van der Waals surface area contributed by atoms with Crippen molar-refractivity contribution in [3.05, 3.63) is 59.4 Å². The van der Waals surface area contributed by atoms with Crippen LogP contribution in [-0.4, -0.2) is 4.98 Å². The number of aromatic nitrogens is 1. The lowest BCUT2D eigenvalue weighted by molar-refractivity contribution is 1.36. The van der Waals surface area contributed by atoms with Gasteiger partial charge in [0.1, 0.15) is 0 Å². The lowest BCUT2D eigenvalue weighted by atomic mass is 10.1. The summed E-state index contributed by atoms with van der Waals surface area (Å²) in [5, 5.41) is 5.99. The summed E-state index contributed by atoms with van der Waals surface area (Å²) >= 11 is 6.26. The zero-order valence-electron chi connectivity index (χ0n) is 11.0. The number of nitrogens with one attached hydrogen (secondary N) is 1. The molecule has 0 aliphatic heterocycles. The number of nitrogens with zero attached hydrogens (tertiary/aromatic N) is 1. The van der Waals surface area contributed by atoms with E-state index in [1.807, 2.05) is 43.3 Å². The molecule has 0 radical (unpaired) electrons. The van der Waals surface area contributed by atoms with Crippen LogP contribution in [0.4, 0.5) is 17.1 Å². The molecular formula is C16H14ClN3. The van der Waals surface area contributed by atoms with Crippen LogP contribution in [0.3, 0.4) is 0 Å². The van der Waals surface area contributed by atoms with Gasteiger partial charge in [-0.1, -0.05) is 17.7 Å². The maximum absolute atomic E-state index is 6.26. The first kappa shape index (κ1) is 12.8. The first-order valence-electron chi connectivity index (χ1n) is 6.30. The lowest BCUT2D eigenvalue weighted by Crippen LogP contribution is -1.95. The van der Waals surface area contributed by atoms with Gasteiger partial charge in [0.05, 0.1) is 10.7 Å². The Bertz CT molecular complexity index is 784. The van der Waals surface area contributed by atoms with Gasteiger partial charge in [-0.3, -0.25) is 4.98 Å². The van der Waals surface area contributed by atoms with Crippen molar-refractivity contribution in [1.29, 1.82) is 0 Å². The van der Waals surface area contributed by atoms with Gasteiger partial charge in [0.2, 0.25) is 0 Å². The summed E-state index contributed by atoms with van der Waals surface area (Å²) < 4.78 is 0. The highest BCUT2D eigenvalue weighted by molar-refractivity contribution is 6.33. The zero-order chi connectivity index (χ0) is 14.1. The van der Waals surface area contributed by atoms with Crippen LogP contribution in [-0.2, 0) is 0 Å². The van der Waals surface area contributed by atoms with Crippen molar-refractivity contribution in [3.63, 3.8) is 0 Å². The van der Waals surface area contributed by atoms with Crippen LogP contribution in [0.1, 0.15) is 5.56 Å². The molecule has 20 heavy (non-hydrogen) atoms. The molecule has 0 fully saturated rings. The molecule has 100 valence electrons. The zero-order valence-corrected chi connectivity index (χ0v) is 11.8. The number of benzene rings is 2. The van der Waals surface area contributed by atoms with E-state index in [2.05, 4.69) is 10.3 Å². The Morgan fingerprint density at radius 1 is 1.05 bits per heavy atom. The van der Waals surface area contributed by atoms with Gasteiger partial charge in [-0.05, 0) is 42.8 Å². The smallest absolute Gasteiger partial charge is 0.0643 e. The molecule has 3 rings (SSSR count). The summed E-state index contributed by atoms with van der Waals surface area (Å²) in [7, 11) is 0. The third kappa shape index (κ3) is 2.28. The lowest BCUT2D eigenvalue weighted by Gasteiger charge is -2.12. The number of rotatable bonds is 2. The molecule has 0 saturated carbocycles. The summed E-state index contributed by atoms with van der Waals surface area (Å²) in [4.78, 5) is 4.16. The van der Waals surface area contributed by atoms with E-state index in [0.717, 1.165) is 33.4 Å². The van der Waals surface area contributed by atoms with E-state index in [0.29, 0.717) is 5.02 Å². The fraction of sp³-hybridized carbons (Fsp3) is 0.0625. The summed E-state index contributed by atoms with van der Waals surface area (Å²) in [5.74, 6) is 0. The van der Waals surface area contributed by atoms with Gasteiger partial charge < -0.3 is 11.1 Å². The van der Waals surface area contributed by atoms with E-state index in [4.69, 9.17) is 17.3 Å². The van der Waals surface area contributed by atoms with Crippen molar-refractivity contribution in [1.82, 2.24) is 4.98 Å². The Balaban J connectivity index is 2.09. The van der Waals surface area contributed by atoms with Crippen molar-refractivity contribution in [2.75, 3.05) is 11.1 Å². The van der Waals surface area contributed by atoms with Gasteiger partial charge in [0.15, 0.2) is 0 Å². The van der Waals surface area contributed by atoms with Crippen LogP contribution in [0, 0.1) is 6.92 Å². The Labute approximate surface area is 122 Å². The van der Waals surface area contributed by atoms with Crippen LogP contribution in [0.2, 0.25) is 5.02 Å². The summed E-state index contributed by atoms with van der Waals surface area (Å²) in [5.41, 5.74) is 9.66. The van der Waals surface area contributed by atoms with E-state index < -0.39 is 0 Å². The fourth-order valence-electron chi connectivity index (χ4n) is 2.19. The summed E-state index contributed by atoms with van der Waals surface area (Å²) in [6, 6.07) is 11.7. The van der Waals surface area contributed by atoms with Crippen LogP contribution >= 0.6 is 11.6 Å². The number of anilines is 3. The maximum atomic E-state index is 6.26. The van der Waals surface area contributed by atoms with Crippen molar-refractivity contribution in [2.45, 2.75) is 6.92 Å². The highest BCUT2D eigenvalue weighted by Crippen LogP contribution is 2.32. The Morgan fingerprint density at radius 3 is 2.65 bits per heavy atom. The van der Waals surface area contributed by atoms with Gasteiger partial charge in [-0.2, -0.15) is 0 Å². The molecule has 1 aromatic heterocycles. The molecule has 2 aromatic carbocycles. The molecule has 3 nitrogen and oxygen atoms in total. The van der Waals surface area contributed by atoms with E-state index in [9.17, 15) is 0 Å². The first-order valence-corrected chi connectivity index (χ1v) is 6.68. The third-order valence-electron chi connectivity index (χ3n) is 3.25. The van der Waals surface area contributed by atoms with Crippen LogP contribution in [0.15, 0.2) is 48.8 Å². The molecule has 0 amide bonds. The number of nitrogen functional groups attached to an aromatic ring is 1. The number of hydrogen-bond donors (Lipinski definition) is 2. The van der Waals surface area contributed by atoms with Gasteiger partial charge in [-0.15, -0.1) is 0 Å². The van der Waals surface area contributed by atoms with Gasteiger partial charge >= 0.3 is 0 Å². The molecule has 0 aliphatic rings. The number of nitrogens with two attached hydrogens (primary N) is 1. The summed E-state index contributed by atoms with van der Waals surface area (Å²) in [6.45, 7) is 2.01. The second-order valence-corrected chi connectivity index (χ2v) is 5.14. The Kier molecular flexibility index (Phi) is 3.20. The number of hydrogen-bond acceptors (Lipinski definition) is 3. The van der Waals surface area contributed by atoms with Crippen molar-refractivity contribution in [2.24, 2.45) is 0 Å². The normalized spacial score (nSPS) is 10.7. The molecule has 4 heteroatoms. The van der Waals surface area contributed by atoms with E-state index >= 15 is 0 Å². The Morgan fingerprint density at radius 2 is 1.85 bits per heavy atom. The van der Waals surface area contributed by atoms with Crippen LogP contribution < -0.4 is 11.1 Å².